The minimum absolute atomic E-state index is 0.0954. The summed E-state index contributed by atoms with van der Waals surface area (Å²) in [6.07, 6.45) is 0.590. The Hall–Kier alpha value is -2.77. The van der Waals surface area contributed by atoms with Crippen LogP contribution in [0, 0.1) is 0 Å². The molecule has 0 amide bonds. The summed E-state index contributed by atoms with van der Waals surface area (Å²) >= 11 is 0. The Kier molecular flexibility index (Phi) is 4.28. The molecule has 0 saturated heterocycles. The van der Waals surface area contributed by atoms with Gasteiger partial charge in [0.2, 0.25) is 15.8 Å². The van der Waals surface area contributed by atoms with Crippen molar-refractivity contribution in [1.29, 1.82) is 0 Å². The van der Waals surface area contributed by atoms with Gasteiger partial charge < -0.3 is 4.52 Å². The van der Waals surface area contributed by atoms with Crippen molar-refractivity contribution in [2.45, 2.75) is 4.90 Å². The van der Waals surface area contributed by atoms with Gasteiger partial charge in [-0.25, -0.2) is 13.1 Å². The molecule has 3 aromatic rings. The highest BCUT2D eigenvalue weighted by Crippen LogP contribution is 2.34. The number of benzene rings is 2. The zero-order valence-corrected chi connectivity index (χ0v) is 13.6. The lowest BCUT2D eigenvalue weighted by atomic mass is 9.99. The standard InChI is InChI=1S/C17H14N2O4S/c1-18-24(21,22)14-9-7-12(8-10-14)16-15(11-20)23-19-17(16)13-5-3-2-4-6-13/h2-11,18H,1H3. The first-order valence-corrected chi connectivity index (χ1v) is 8.59. The topological polar surface area (TPSA) is 89.3 Å². The molecule has 1 N–H and O–H groups in total. The van der Waals surface area contributed by atoms with E-state index in [2.05, 4.69) is 9.88 Å². The van der Waals surface area contributed by atoms with Gasteiger partial charge in [-0.2, -0.15) is 0 Å². The summed E-state index contributed by atoms with van der Waals surface area (Å²) < 4.78 is 31.0. The predicted molar refractivity (Wildman–Crippen MR) is 89.0 cm³/mol. The third kappa shape index (κ3) is 2.86. The van der Waals surface area contributed by atoms with Crippen LogP contribution in [0.15, 0.2) is 64.0 Å². The molecule has 0 aliphatic rings. The van der Waals surface area contributed by atoms with Gasteiger partial charge in [0.15, 0.2) is 6.29 Å². The molecule has 2 aromatic carbocycles. The lowest BCUT2D eigenvalue weighted by molar-refractivity contribution is 0.109. The maximum atomic E-state index is 11.8. The minimum atomic E-state index is -3.52. The van der Waals surface area contributed by atoms with E-state index in [0.29, 0.717) is 23.1 Å². The number of rotatable bonds is 5. The van der Waals surface area contributed by atoms with Crippen molar-refractivity contribution in [2.24, 2.45) is 0 Å². The molecule has 7 heteroatoms. The van der Waals surface area contributed by atoms with Crippen molar-refractivity contribution >= 4 is 16.3 Å². The summed E-state index contributed by atoms with van der Waals surface area (Å²) in [7, 11) is -2.17. The average Bonchev–Trinajstić information content (AvgIpc) is 3.06. The highest BCUT2D eigenvalue weighted by Gasteiger charge is 2.19. The Balaban J connectivity index is 2.13. The summed E-state index contributed by atoms with van der Waals surface area (Å²) in [5.74, 6) is 0.0954. The first-order valence-electron chi connectivity index (χ1n) is 7.11. The van der Waals surface area contributed by atoms with Crippen LogP contribution in [-0.2, 0) is 10.0 Å². The molecule has 1 heterocycles. The Morgan fingerprint density at radius 1 is 1.00 bits per heavy atom. The number of hydrogen-bond acceptors (Lipinski definition) is 5. The van der Waals surface area contributed by atoms with E-state index >= 15 is 0 Å². The molecule has 3 rings (SSSR count). The van der Waals surface area contributed by atoms with Crippen molar-refractivity contribution < 1.29 is 17.7 Å². The molecule has 6 nitrogen and oxygen atoms in total. The van der Waals surface area contributed by atoms with Crippen LogP contribution in [0.1, 0.15) is 10.6 Å². The van der Waals surface area contributed by atoms with Crippen LogP contribution >= 0.6 is 0 Å². The van der Waals surface area contributed by atoms with E-state index in [9.17, 15) is 13.2 Å². The number of carbonyl (C=O) groups excluding carboxylic acids is 1. The van der Waals surface area contributed by atoms with Crippen LogP contribution in [0.4, 0.5) is 0 Å². The molecular weight excluding hydrogens is 328 g/mol. The van der Waals surface area contributed by atoms with Crippen LogP contribution in [0.25, 0.3) is 22.4 Å². The second kappa shape index (κ2) is 6.38. The maximum Gasteiger partial charge on any atom is 0.240 e. The lowest BCUT2D eigenvalue weighted by Crippen LogP contribution is -2.18. The van der Waals surface area contributed by atoms with Crippen molar-refractivity contribution in [2.75, 3.05) is 7.05 Å². The number of sulfonamides is 1. The third-order valence-electron chi connectivity index (χ3n) is 3.59. The summed E-state index contributed by atoms with van der Waals surface area (Å²) in [4.78, 5) is 11.4. The maximum absolute atomic E-state index is 11.8. The van der Waals surface area contributed by atoms with Crippen LogP contribution in [0.3, 0.4) is 0 Å². The minimum Gasteiger partial charge on any atom is -0.352 e. The molecule has 0 bridgehead atoms. The smallest absolute Gasteiger partial charge is 0.240 e. The Morgan fingerprint density at radius 3 is 2.25 bits per heavy atom. The van der Waals surface area contributed by atoms with Gasteiger partial charge in [0, 0.05) is 5.56 Å². The molecule has 0 aliphatic heterocycles. The van der Waals surface area contributed by atoms with E-state index in [4.69, 9.17) is 4.52 Å². The zero-order chi connectivity index (χ0) is 17.2. The van der Waals surface area contributed by atoms with Gasteiger partial charge in [-0.05, 0) is 24.7 Å². The quantitative estimate of drug-likeness (QED) is 0.720. The SMILES string of the molecule is CNS(=O)(=O)c1ccc(-c2c(-c3ccccc3)noc2C=O)cc1. The van der Waals surface area contributed by atoms with Crippen molar-refractivity contribution in [3.8, 4) is 22.4 Å². The van der Waals surface area contributed by atoms with Crippen molar-refractivity contribution in [1.82, 2.24) is 9.88 Å². The van der Waals surface area contributed by atoms with E-state index in [0.717, 1.165) is 5.56 Å². The van der Waals surface area contributed by atoms with Crippen LogP contribution < -0.4 is 4.72 Å². The fraction of sp³-hybridized carbons (Fsp3) is 0.0588. The van der Waals surface area contributed by atoms with E-state index in [1.807, 2.05) is 30.3 Å². The van der Waals surface area contributed by atoms with Gasteiger partial charge in [-0.15, -0.1) is 0 Å². The molecule has 0 atom stereocenters. The van der Waals surface area contributed by atoms with E-state index < -0.39 is 10.0 Å². The van der Waals surface area contributed by atoms with E-state index in [-0.39, 0.29) is 10.7 Å². The number of carbonyl (C=O) groups is 1. The Bertz CT molecular complexity index is 962. The fourth-order valence-corrected chi connectivity index (χ4v) is 3.10. The fourth-order valence-electron chi connectivity index (χ4n) is 2.37. The molecule has 0 fully saturated rings. The van der Waals surface area contributed by atoms with E-state index in [1.54, 1.807) is 12.1 Å². The van der Waals surface area contributed by atoms with Crippen molar-refractivity contribution in [3.05, 3.63) is 60.4 Å². The summed E-state index contributed by atoms with van der Waals surface area (Å²) in [6.45, 7) is 0. The van der Waals surface area contributed by atoms with Gasteiger partial charge in [-0.1, -0.05) is 47.6 Å². The Labute approximate surface area is 139 Å². The van der Waals surface area contributed by atoms with Crippen LogP contribution in [0.5, 0.6) is 0 Å². The number of nitrogens with zero attached hydrogens (tertiary/aromatic N) is 1. The third-order valence-corrected chi connectivity index (χ3v) is 5.02. The van der Waals surface area contributed by atoms with Gasteiger partial charge in [0.25, 0.3) is 0 Å². The Morgan fingerprint density at radius 2 is 1.67 bits per heavy atom. The molecule has 0 aliphatic carbocycles. The highest BCUT2D eigenvalue weighted by atomic mass is 32.2. The van der Waals surface area contributed by atoms with Crippen LogP contribution in [-0.4, -0.2) is 26.9 Å². The number of nitrogens with one attached hydrogen (secondary N) is 1. The molecule has 0 spiro atoms. The highest BCUT2D eigenvalue weighted by molar-refractivity contribution is 7.89. The monoisotopic (exact) mass is 342 g/mol. The number of aldehydes is 1. The van der Waals surface area contributed by atoms with E-state index in [1.165, 1.54) is 19.2 Å². The molecule has 122 valence electrons. The normalized spacial score (nSPS) is 11.4. The van der Waals surface area contributed by atoms with Crippen LogP contribution in [0.2, 0.25) is 0 Å². The summed E-state index contributed by atoms with van der Waals surface area (Å²) in [5.41, 5.74) is 2.51. The second-order valence-electron chi connectivity index (χ2n) is 4.99. The molecule has 0 saturated carbocycles. The first-order chi connectivity index (χ1) is 11.6. The molecular formula is C17H14N2O4S. The molecule has 0 radical (unpaired) electrons. The average molecular weight is 342 g/mol. The second-order valence-corrected chi connectivity index (χ2v) is 6.87. The number of hydrogen-bond donors (Lipinski definition) is 1. The molecule has 0 unspecified atom stereocenters. The first kappa shape index (κ1) is 16.1. The van der Waals surface area contributed by atoms with Gasteiger partial charge in [0.1, 0.15) is 5.69 Å². The molecule has 1 aromatic heterocycles. The summed E-state index contributed by atoms with van der Waals surface area (Å²) in [5, 5.41) is 3.98. The van der Waals surface area contributed by atoms with Crippen molar-refractivity contribution in [3.63, 3.8) is 0 Å². The summed E-state index contributed by atoms with van der Waals surface area (Å²) in [6, 6.07) is 15.5. The van der Waals surface area contributed by atoms with Gasteiger partial charge in [0.05, 0.1) is 10.5 Å². The largest absolute Gasteiger partial charge is 0.352 e. The number of aromatic nitrogens is 1. The predicted octanol–water partition coefficient (Wildman–Crippen LogP) is 2.73. The zero-order valence-electron chi connectivity index (χ0n) is 12.8. The van der Waals surface area contributed by atoms with Gasteiger partial charge in [-0.3, -0.25) is 4.79 Å². The lowest BCUT2D eigenvalue weighted by Gasteiger charge is -2.05. The van der Waals surface area contributed by atoms with Gasteiger partial charge >= 0.3 is 0 Å². The molecule has 24 heavy (non-hydrogen) atoms.